The fourth-order valence-corrected chi connectivity index (χ4v) is 15.6. The average Bonchev–Trinajstić information content (AvgIpc) is 3.51. The van der Waals surface area contributed by atoms with Gasteiger partial charge in [-0.15, -0.1) is 0 Å². The molecule has 1 amide bonds. The number of rotatable bonds is 8. The van der Waals surface area contributed by atoms with Crippen LogP contribution in [0.2, 0.25) is 0 Å². The molecule has 1 saturated heterocycles. The summed E-state index contributed by atoms with van der Waals surface area (Å²) in [6.45, 7) is 19.6. The highest BCUT2D eigenvalue weighted by atomic mass is 32.2. The van der Waals surface area contributed by atoms with Crippen LogP contribution in [0.3, 0.4) is 0 Å². The SMILES string of the molecule is CC(C)[C@@H]1CC[C@]2(C(=O)NCCCN3CCS(=O)(=O)CC3)CC[C@]3(C)[C@H](CC[C@@H]4[C@@]5(C)[C@@H](O)C=C(c6ccc(C(=O)O)cc6)C(C)(C)[C@@H]5CC[C@]43C)[C@@H]12. The van der Waals surface area contributed by atoms with Crippen molar-refractivity contribution in [3.63, 3.8) is 0 Å². The first-order valence-corrected chi connectivity index (χ1v) is 22.6. The van der Waals surface area contributed by atoms with E-state index in [-0.39, 0.29) is 56.0 Å². The summed E-state index contributed by atoms with van der Waals surface area (Å²) >= 11 is 0. The second-order valence-corrected chi connectivity index (χ2v) is 22.2. The molecule has 7 rings (SSSR count). The van der Waals surface area contributed by atoms with Crippen molar-refractivity contribution in [1.82, 2.24) is 10.2 Å². The third-order valence-electron chi connectivity index (χ3n) is 17.3. The normalized spacial score (nSPS) is 41.7. The Kier molecular flexibility index (Phi) is 9.91. The van der Waals surface area contributed by atoms with Crippen molar-refractivity contribution < 1.29 is 28.2 Å². The Balaban J connectivity index is 1.13. The van der Waals surface area contributed by atoms with Gasteiger partial charge in [0.2, 0.25) is 5.91 Å². The lowest BCUT2D eigenvalue weighted by atomic mass is 9.32. The molecule has 6 aliphatic rings. The first kappa shape index (κ1) is 39.0. The summed E-state index contributed by atoms with van der Waals surface area (Å²) in [5.41, 5.74) is 1.65. The Morgan fingerprint density at radius 3 is 2.21 bits per heavy atom. The summed E-state index contributed by atoms with van der Waals surface area (Å²) < 4.78 is 23.8. The van der Waals surface area contributed by atoms with Gasteiger partial charge in [0.25, 0.3) is 0 Å². The highest BCUT2D eigenvalue weighted by Gasteiger charge is 2.72. The van der Waals surface area contributed by atoms with E-state index in [1.807, 2.05) is 12.1 Å². The Labute approximate surface area is 318 Å². The number of carboxylic acid groups (broad SMARTS) is 1. The van der Waals surface area contributed by atoms with Crippen LogP contribution in [0.4, 0.5) is 0 Å². The summed E-state index contributed by atoms with van der Waals surface area (Å²) in [6.07, 6.45) is 10.7. The maximum Gasteiger partial charge on any atom is 0.335 e. The lowest BCUT2D eigenvalue weighted by Gasteiger charge is -2.72. The van der Waals surface area contributed by atoms with Gasteiger partial charge in [0.05, 0.1) is 28.6 Å². The number of allylic oxidation sites excluding steroid dienone is 1. The highest BCUT2D eigenvalue weighted by Crippen LogP contribution is 2.77. The number of nitrogens with zero attached hydrogens (tertiary/aromatic N) is 1. The quantitative estimate of drug-likeness (QED) is 0.238. The van der Waals surface area contributed by atoms with Gasteiger partial charge in [-0.1, -0.05) is 66.7 Å². The number of nitrogens with one attached hydrogen (secondary N) is 1. The summed E-state index contributed by atoms with van der Waals surface area (Å²) in [7, 11) is -2.90. The van der Waals surface area contributed by atoms with Crippen LogP contribution in [0.5, 0.6) is 0 Å². The van der Waals surface area contributed by atoms with E-state index < -0.39 is 21.9 Å². The summed E-state index contributed by atoms with van der Waals surface area (Å²) in [6, 6.07) is 7.17. The van der Waals surface area contributed by atoms with E-state index in [0.29, 0.717) is 49.2 Å². The molecule has 0 radical (unpaired) electrons. The average molecular weight is 751 g/mol. The Morgan fingerprint density at radius 2 is 1.57 bits per heavy atom. The first-order valence-electron chi connectivity index (χ1n) is 20.8. The van der Waals surface area contributed by atoms with Crippen LogP contribution in [-0.2, 0) is 14.6 Å². The van der Waals surface area contributed by atoms with Gasteiger partial charge in [-0.25, -0.2) is 13.2 Å². The molecule has 294 valence electrons. The van der Waals surface area contributed by atoms with Gasteiger partial charge in [-0.3, -0.25) is 4.79 Å². The van der Waals surface area contributed by atoms with Gasteiger partial charge >= 0.3 is 5.97 Å². The zero-order chi connectivity index (χ0) is 38.4. The van der Waals surface area contributed by atoms with E-state index in [2.05, 4.69) is 64.8 Å². The van der Waals surface area contributed by atoms with Crippen LogP contribution in [0, 0.1) is 62.6 Å². The fraction of sp³-hybridized carbons (Fsp3) is 0.773. The van der Waals surface area contributed by atoms with E-state index in [0.717, 1.165) is 75.5 Å². The lowest BCUT2D eigenvalue weighted by molar-refractivity contribution is -0.242. The molecule has 4 saturated carbocycles. The molecule has 5 fully saturated rings. The number of carboxylic acids is 1. The standard InChI is InChI=1S/C44H66N2O6S/c1-28(2)31-15-18-44(39(50)45-21-8-22-46-23-25-53(51,52)26-24-46)20-19-41(5)32(37(31)44)13-14-35-42(41,6)17-16-34-40(3,4)33(27-36(47)43(34,35)7)29-9-11-30(12-10-29)38(48)49/h9-12,27-28,31-32,34-37,47H,8,13-26H2,1-7H3,(H,45,50)(H,48,49)/t31-,32+,34-,35-,36-,37+,41+,42+,43-,44-/m0/s1. The minimum absolute atomic E-state index is 0.0292. The van der Waals surface area contributed by atoms with Gasteiger partial charge < -0.3 is 20.4 Å². The Bertz CT molecular complexity index is 1720. The molecule has 0 aromatic heterocycles. The molecule has 1 aromatic carbocycles. The molecule has 1 aliphatic heterocycles. The van der Waals surface area contributed by atoms with E-state index in [1.165, 1.54) is 0 Å². The summed E-state index contributed by atoms with van der Waals surface area (Å²) in [5.74, 6) is 2.27. The van der Waals surface area contributed by atoms with Crippen LogP contribution in [0.25, 0.3) is 5.57 Å². The van der Waals surface area contributed by atoms with E-state index in [9.17, 15) is 28.2 Å². The zero-order valence-corrected chi connectivity index (χ0v) is 34.2. The Hall–Kier alpha value is -2.23. The number of carbonyl (C=O) groups excluding carboxylic acids is 1. The predicted molar refractivity (Wildman–Crippen MR) is 210 cm³/mol. The number of sulfone groups is 1. The van der Waals surface area contributed by atoms with Gasteiger partial charge in [-0.05, 0) is 139 Å². The summed E-state index contributed by atoms with van der Waals surface area (Å²) in [5, 5.41) is 25.3. The van der Waals surface area contributed by atoms with Crippen LogP contribution in [-0.4, -0.2) is 79.2 Å². The van der Waals surface area contributed by atoms with Crippen molar-refractivity contribution in [2.45, 2.75) is 112 Å². The number of aromatic carboxylic acids is 1. The molecule has 9 heteroatoms. The van der Waals surface area contributed by atoms with Gasteiger partial charge in [0.1, 0.15) is 0 Å². The molecule has 5 aliphatic carbocycles. The second kappa shape index (κ2) is 13.5. The molecule has 0 spiro atoms. The predicted octanol–water partition coefficient (Wildman–Crippen LogP) is 7.32. The maximum absolute atomic E-state index is 14.5. The second-order valence-electron chi connectivity index (χ2n) is 19.9. The summed E-state index contributed by atoms with van der Waals surface area (Å²) in [4.78, 5) is 28.3. The monoisotopic (exact) mass is 750 g/mol. The van der Waals surface area contributed by atoms with Crippen molar-refractivity contribution in [3.8, 4) is 0 Å². The van der Waals surface area contributed by atoms with E-state index in [4.69, 9.17) is 0 Å². The fourth-order valence-electron chi connectivity index (χ4n) is 14.3. The number of aliphatic hydroxyl groups is 1. The van der Waals surface area contributed by atoms with Crippen LogP contribution >= 0.6 is 0 Å². The topological polar surface area (TPSA) is 124 Å². The lowest BCUT2D eigenvalue weighted by Crippen LogP contribution is -2.68. The minimum Gasteiger partial charge on any atom is -0.478 e. The highest BCUT2D eigenvalue weighted by molar-refractivity contribution is 7.91. The van der Waals surface area contributed by atoms with Crippen molar-refractivity contribution >= 4 is 27.3 Å². The number of benzene rings is 1. The first-order chi connectivity index (χ1) is 24.8. The van der Waals surface area contributed by atoms with Crippen LogP contribution < -0.4 is 5.32 Å². The van der Waals surface area contributed by atoms with Crippen molar-refractivity contribution in [3.05, 3.63) is 41.5 Å². The zero-order valence-electron chi connectivity index (χ0n) is 33.4. The Morgan fingerprint density at radius 1 is 0.887 bits per heavy atom. The molecule has 10 atom stereocenters. The van der Waals surface area contributed by atoms with Crippen molar-refractivity contribution in [2.75, 3.05) is 37.7 Å². The number of hydrogen-bond donors (Lipinski definition) is 3. The van der Waals surface area contributed by atoms with Gasteiger partial charge in [-0.2, -0.15) is 0 Å². The number of fused-ring (bicyclic) bond motifs is 7. The molecule has 3 N–H and O–H groups in total. The largest absolute Gasteiger partial charge is 0.478 e. The van der Waals surface area contributed by atoms with Gasteiger partial charge in [0.15, 0.2) is 9.84 Å². The third-order valence-corrected chi connectivity index (χ3v) is 18.9. The van der Waals surface area contributed by atoms with Gasteiger partial charge in [0, 0.05) is 25.0 Å². The minimum atomic E-state index is -2.90. The van der Waals surface area contributed by atoms with Crippen molar-refractivity contribution in [1.29, 1.82) is 0 Å². The van der Waals surface area contributed by atoms with Crippen LogP contribution in [0.1, 0.15) is 122 Å². The molecule has 0 unspecified atom stereocenters. The molecular weight excluding hydrogens is 685 g/mol. The maximum atomic E-state index is 14.5. The number of amides is 1. The smallest absolute Gasteiger partial charge is 0.335 e. The van der Waals surface area contributed by atoms with E-state index >= 15 is 0 Å². The number of carbonyl (C=O) groups is 2. The van der Waals surface area contributed by atoms with E-state index in [1.54, 1.807) is 12.1 Å². The molecule has 53 heavy (non-hydrogen) atoms. The molecule has 0 bridgehead atoms. The number of hydrogen-bond acceptors (Lipinski definition) is 6. The van der Waals surface area contributed by atoms with Crippen LogP contribution in [0.15, 0.2) is 30.3 Å². The molecular formula is C44H66N2O6S. The number of aliphatic hydroxyl groups excluding tert-OH is 1. The third kappa shape index (κ3) is 5.98. The van der Waals surface area contributed by atoms with Crippen molar-refractivity contribution in [2.24, 2.45) is 62.6 Å². The molecule has 1 aromatic rings. The molecule has 1 heterocycles. The molecule has 8 nitrogen and oxygen atoms in total.